The van der Waals surface area contributed by atoms with Crippen molar-refractivity contribution >= 4 is 21.6 Å². The van der Waals surface area contributed by atoms with Crippen molar-refractivity contribution in [1.82, 2.24) is 9.46 Å². The Morgan fingerprint density at radius 2 is 1.51 bits per heavy atom. The van der Waals surface area contributed by atoms with Crippen LogP contribution in [0.4, 0.5) is 5.69 Å². The predicted octanol–water partition coefficient (Wildman–Crippen LogP) is 5.48. The largest absolute Gasteiger partial charge is 0.468 e. The second-order valence-electron chi connectivity index (χ2n) is 8.35. The quantitative estimate of drug-likeness (QED) is 0.275. The van der Waals surface area contributed by atoms with Crippen molar-refractivity contribution in [3.8, 4) is 11.3 Å². The molecule has 0 saturated heterocycles. The maximum absolute atomic E-state index is 13.4. The minimum absolute atomic E-state index is 0.0317. The number of carbonyl (C=O) groups is 1. The predicted molar refractivity (Wildman–Crippen MR) is 135 cm³/mol. The number of nitrogens with zero attached hydrogens (tertiary/aromatic N) is 2. The number of sulfonamides is 1. The van der Waals surface area contributed by atoms with E-state index in [0.29, 0.717) is 23.0 Å². The Hall–Kier alpha value is -4.41. The van der Waals surface area contributed by atoms with Crippen molar-refractivity contribution in [2.24, 2.45) is 0 Å². The van der Waals surface area contributed by atoms with Crippen LogP contribution in [0.25, 0.3) is 11.3 Å². The molecule has 0 fully saturated rings. The summed E-state index contributed by atoms with van der Waals surface area (Å²) in [5.74, 6) is 0.989. The second kappa shape index (κ2) is 10.3. The van der Waals surface area contributed by atoms with E-state index in [-0.39, 0.29) is 23.7 Å². The average Bonchev–Trinajstić information content (AvgIpc) is 3.68. The normalized spacial score (nSPS) is 11.6. The van der Waals surface area contributed by atoms with Gasteiger partial charge in [-0.3, -0.25) is 4.79 Å². The van der Waals surface area contributed by atoms with E-state index in [1.807, 2.05) is 31.2 Å². The van der Waals surface area contributed by atoms with Crippen LogP contribution in [0.15, 0.2) is 110 Å². The maximum atomic E-state index is 13.4. The Kier molecular flexibility index (Phi) is 6.76. The van der Waals surface area contributed by atoms with Crippen molar-refractivity contribution < 1.29 is 26.6 Å². The van der Waals surface area contributed by atoms with Gasteiger partial charge in [-0.25, -0.2) is 8.42 Å². The molecule has 0 spiro atoms. The van der Waals surface area contributed by atoms with Gasteiger partial charge in [0.05, 0.1) is 30.5 Å². The van der Waals surface area contributed by atoms with E-state index < -0.39 is 15.9 Å². The van der Waals surface area contributed by atoms with Crippen molar-refractivity contribution in [1.29, 1.82) is 0 Å². The summed E-state index contributed by atoms with van der Waals surface area (Å²) in [5, 5.41) is 6.57. The monoisotopic (exact) mass is 517 g/mol. The number of furan rings is 2. The van der Waals surface area contributed by atoms with Gasteiger partial charge in [-0.15, -0.1) is 0 Å². The lowest BCUT2D eigenvalue weighted by atomic mass is 10.1. The topological polar surface area (TPSA) is 119 Å². The number of amides is 1. The zero-order valence-corrected chi connectivity index (χ0v) is 20.6. The summed E-state index contributed by atoms with van der Waals surface area (Å²) in [6.45, 7) is 2.04. The fourth-order valence-corrected chi connectivity index (χ4v) is 5.04. The second-order valence-corrected chi connectivity index (χ2v) is 10.3. The van der Waals surface area contributed by atoms with E-state index in [1.165, 1.54) is 41.1 Å². The summed E-state index contributed by atoms with van der Waals surface area (Å²) in [7, 11) is -3.91. The van der Waals surface area contributed by atoms with Crippen LogP contribution in [0, 0.1) is 6.92 Å². The van der Waals surface area contributed by atoms with E-state index in [0.717, 1.165) is 11.1 Å². The van der Waals surface area contributed by atoms with Gasteiger partial charge in [0.1, 0.15) is 11.5 Å². The molecule has 1 N–H and O–H groups in total. The molecule has 10 heteroatoms. The molecule has 0 saturated carbocycles. The highest BCUT2D eigenvalue weighted by Crippen LogP contribution is 2.24. The zero-order valence-electron chi connectivity index (χ0n) is 19.8. The lowest BCUT2D eigenvalue weighted by Gasteiger charge is -2.20. The Bertz CT molecular complexity index is 1530. The minimum Gasteiger partial charge on any atom is -0.468 e. The number of anilines is 1. The fraction of sp³-hybridized carbons (Fsp3) is 0.111. The van der Waals surface area contributed by atoms with Crippen LogP contribution < -0.4 is 5.32 Å². The van der Waals surface area contributed by atoms with E-state index in [1.54, 1.807) is 30.3 Å². The van der Waals surface area contributed by atoms with Crippen LogP contribution in [-0.2, 0) is 23.1 Å². The molecule has 37 heavy (non-hydrogen) atoms. The zero-order chi connectivity index (χ0) is 25.8. The average molecular weight is 518 g/mol. The summed E-state index contributed by atoms with van der Waals surface area (Å²) in [5.41, 5.74) is 2.43. The number of aromatic nitrogens is 1. The molecule has 3 aromatic heterocycles. The molecule has 9 nitrogen and oxygen atoms in total. The first-order valence-electron chi connectivity index (χ1n) is 11.4. The summed E-state index contributed by atoms with van der Waals surface area (Å²) in [6.07, 6.45) is 2.98. The van der Waals surface area contributed by atoms with Gasteiger partial charge in [0.25, 0.3) is 5.91 Å². The minimum atomic E-state index is -3.91. The first kappa shape index (κ1) is 24.3. The Morgan fingerprint density at radius 1 is 0.892 bits per heavy atom. The molecule has 0 aliphatic rings. The van der Waals surface area contributed by atoms with E-state index in [9.17, 15) is 13.2 Å². The molecule has 5 aromatic rings. The van der Waals surface area contributed by atoms with Crippen LogP contribution >= 0.6 is 0 Å². The third-order valence-corrected chi connectivity index (χ3v) is 7.46. The molecular weight excluding hydrogens is 494 g/mol. The molecule has 3 heterocycles. The third-order valence-electron chi connectivity index (χ3n) is 5.65. The standard InChI is InChI=1S/C27H23N3O6S/c1-19-6-8-20(9-7-19)26-16-25(29-36-26)27(31)28-21-10-12-24(13-11-21)37(32,33)30(17-22-4-2-14-34-22)18-23-5-3-15-35-23/h2-16H,17-18H2,1H3,(H,28,31). The summed E-state index contributed by atoms with van der Waals surface area (Å²) in [4.78, 5) is 12.7. The molecular formula is C27H23N3O6S. The van der Waals surface area contributed by atoms with Gasteiger partial charge in [0, 0.05) is 17.3 Å². The van der Waals surface area contributed by atoms with Crippen LogP contribution in [0.2, 0.25) is 0 Å². The van der Waals surface area contributed by atoms with Gasteiger partial charge >= 0.3 is 0 Å². The maximum Gasteiger partial charge on any atom is 0.277 e. The third kappa shape index (κ3) is 5.55. The Morgan fingerprint density at radius 3 is 2.08 bits per heavy atom. The van der Waals surface area contributed by atoms with Crippen molar-refractivity contribution in [2.45, 2.75) is 24.9 Å². The molecule has 0 atom stereocenters. The van der Waals surface area contributed by atoms with Gasteiger partial charge < -0.3 is 18.7 Å². The Labute approximate surface area is 213 Å². The van der Waals surface area contributed by atoms with Gasteiger partial charge in [-0.05, 0) is 55.5 Å². The lowest BCUT2D eigenvalue weighted by Crippen LogP contribution is -2.30. The summed E-state index contributed by atoms with van der Waals surface area (Å²) < 4.78 is 44.2. The van der Waals surface area contributed by atoms with Gasteiger partial charge in [0.2, 0.25) is 10.0 Å². The van der Waals surface area contributed by atoms with Crippen molar-refractivity contribution in [2.75, 3.05) is 5.32 Å². The Balaban J connectivity index is 1.30. The molecule has 0 aliphatic heterocycles. The molecule has 0 aliphatic carbocycles. The SMILES string of the molecule is Cc1ccc(-c2cc(C(=O)Nc3ccc(S(=O)(=O)N(Cc4ccco4)Cc4ccco4)cc3)no2)cc1. The van der Waals surface area contributed by atoms with Crippen LogP contribution in [0.3, 0.4) is 0 Å². The molecule has 2 aromatic carbocycles. The molecule has 188 valence electrons. The first-order valence-corrected chi connectivity index (χ1v) is 12.8. The highest BCUT2D eigenvalue weighted by Gasteiger charge is 2.27. The van der Waals surface area contributed by atoms with Crippen molar-refractivity contribution in [3.05, 3.63) is 114 Å². The molecule has 5 rings (SSSR count). The fourth-order valence-electron chi connectivity index (χ4n) is 3.67. The first-order chi connectivity index (χ1) is 17.9. The molecule has 0 radical (unpaired) electrons. The van der Waals surface area contributed by atoms with Crippen LogP contribution in [0.1, 0.15) is 27.6 Å². The number of carbonyl (C=O) groups excluding carboxylic acids is 1. The highest BCUT2D eigenvalue weighted by atomic mass is 32.2. The number of nitrogens with one attached hydrogen (secondary N) is 1. The number of hydrogen-bond donors (Lipinski definition) is 1. The summed E-state index contributed by atoms with van der Waals surface area (Å²) in [6, 6.07) is 21.9. The van der Waals surface area contributed by atoms with Crippen LogP contribution in [-0.4, -0.2) is 23.8 Å². The summed E-state index contributed by atoms with van der Waals surface area (Å²) >= 11 is 0. The lowest BCUT2D eigenvalue weighted by molar-refractivity contribution is 0.101. The van der Waals surface area contributed by atoms with E-state index in [4.69, 9.17) is 13.4 Å². The van der Waals surface area contributed by atoms with E-state index >= 15 is 0 Å². The van der Waals surface area contributed by atoms with Gasteiger partial charge in [-0.1, -0.05) is 35.0 Å². The molecule has 0 unspecified atom stereocenters. The molecule has 0 bridgehead atoms. The van der Waals surface area contributed by atoms with Gasteiger partial charge in [0.15, 0.2) is 11.5 Å². The smallest absolute Gasteiger partial charge is 0.277 e. The number of hydrogen-bond acceptors (Lipinski definition) is 7. The van der Waals surface area contributed by atoms with Crippen molar-refractivity contribution in [3.63, 3.8) is 0 Å². The number of benzene rings is 2. The number of rotatable bonds is 9. The molecule has 1 amide bonds. The van der Waals surface area contributed by atoms with Gasteiger partial charge in [-0.2, -0.15) is 4.31 Å². The number of aryl methyl sites for hydroxylation is 1. The van der Waals surface area contributed by atoms with Crippen LogP contribution in [0.5, 0.6) is 0 Å². The van der Waals surface area contributed by atoms with E-state index in [2.05, 4.69) is 10.5 Å². The highest BCUT2D eigenvalue weighted by molar-refractivity contribution is 7.89.